The molecular formula is C14H20N2O2. The van der Waals surface area contributed by atoms with Crippen molar-refractivity contribution >= 4 is 5.91 Å². The highest BCUT2D eigenvalue weighted by molar-refractivity contribution is 5.80. The number of hydrogen-bond acceptors (Lipinski definition) is 3. The quantitative estimate of drug-likeness (QED) is 0.813. The number of carbonyl (C=O) groups is 1. The summed E-state index contributed by atoms with van der Waals surface area (Å²) in [5.41, 5.74) is 2.59. The van der Waals surface area contributed by atoms with E-state index in [1.807, 2.05) is 13.0 Å². The fourth-order valence-electron chi connectivity index (χ4n) is 2.14. The van der Waals surface area contributed by atoms with Crippen molar-refractivity contribution in [2.45, 2.75) is 25.8 Å². The monoisotopic (exact) mass is 248 g/mol. The van der Waals surface area contributed by atoms with E-state index in [0.29, 0.717) is 0 Å². The van der Waals surface area contributed by atoms with Crippen LogP contribution in [0.3, 0.4) is 0 Å². The van der Waals surface area contributed by atoms with Gasteiger partial charge in [0.15, 0.2) is 0 Å². The van der Waals surface area contributed by atoms with Gasteiger partial charge in [0, 0.05) is 13.5 Å². The van der Waals surface area contributed by atoms with Crippen molar-refractivity contribution in [3.05, 3.63) is 29.3 Å². The zero-order valence-electron chi connectivity index (χ0n) is 11.0. The second kappa shape index (κ2) is 5.87. The van der Waals surface area contributed by atoms with Crippen LogP contribution in [-0.4, -0.2) is 32.1 Å². The van der Waals surface area contributed by atoms with Crippen molar-refractivity contribution in [1.29, 1.82) is 0 Å². The molecule has 18 heavy (non-hydrogen) atoms. The molecule has 0 saturated heterocycles. The zero-order valence-corrected chi connectivity index (χ0v) is 11.0. The lowest BCUT2D eigenvalue weighted by atomic mass is 10.1. The van der Waals surface area contributed by atoms with Gasteiger partial charge in [-0.1, -0.05) is 12.1 Å². The minimum atomic E-state index is -0.146. The normalized spacial score (nSPS) is 14.8. The molecule has 1 aliphatic rings. The average Bonchev–Trinajstić information content (AvgIpc) is 2.85. The molecule has 1 aromatic rings. The summed E-state index contributed by atoms with van der Waals surface area (Å²) in [7, 11) is 1.65. The first-order valence-corrected chi connectivity index (χ1v) is 6.40. The van der Waals surface area contributed by atoms with Crippen molar-refractivity contribution in [1.82, 2.24) is 10.6 Å². The third-order valence-electron chi connectivity index (χ3n) is 3.26. The fourth-order valence-corrected chi connectivity index (χ4v) is 2.14. The Balaban J connectivity index is 1.82. The Morgan fingerprint density at radius 3 is 3.11 bits per heavy atom. The van der Waals surface area contributed by atoms with Crippen LogP contribution in [0.4, 0.5) is 0 Å². The summed E-state index contributed by atoms with van der Waals surface area (Å²) in [6, 6.07) is 6.19. The smallest absolute Gasteiger partial charge is 0.236 e. The van der Waals surface area contributed by atoms with Crippen LogP contribution in [0.25, 0.3) is 0 Å². The number of ether oxygens (including phenoxy) is 1. The summed E-state index contributed by atoms with van der Waals surface area (Å²) in [6.45, 7) is 3.47. The lowest BCUT2D eigenvalue weighted by Gasteiger charge is -2.12. The van der Waals surface area contributed by atoms with Crippen molar-refractivity contribution in [2.75, 3.05) is 20.2 Å². The van der Waals surface area contributed by atoms with Crippen molar-refractivity contribution in [3.63, 3.8) is 0 Å². The summed E-state index contributed by atoms with van der Waals surface area (Å²) in [6.07, 6.45) is 1.93. The summed E-state index contributed by atoms with van der Waals surface area (Å²) in [4.78, 5) is 11.3. The highest BCUT2D eigenvalue weighted by atomic mass is 16.5. The van der Waals surface area contributed by atoms with E-state index in [0.717, 1.165) is 31.7 Å². The Morgan fingerprint density at radius 1 is 1.50 bits per heavy atom. The Bertz CT molecular complexity index is 432. The van der Waals surface area contributed by atoms with Gasteiger partial charge in [-0.25, -0.2) is 0 Å². The second-order valence-corrected chi connectivity index (χ2v) is 4.58. The van der Waals surface area contributed by atoms with Gasteiger partial charge in [0.1, 0.15) is 5.75 Å². The Hall–Kier alpha value is -1.55. The van der Waals surface area contributed by atoms with Crippen LogP contribution < -0.4 is 15.4 Å². The van der Waals surface area contributed by atoms with E-state index in [9.17, 15) is 4.79 Å². The van der Waals surface area contributed by atoms with Gasteiger partial charge in [-0.15, -0.1) is 0 Å². The van der Waals surface area contributed by atoms with Crippen LogP contribution >= 0.6 is 0 Å². The van der Waals surface area contributed by atoms with E-state index in [1.54, 1.807) is 7.05 Å². The molecule has 0 spiro atoms. The van der Waals surface area contributed by atoms with Crippen LogP contribution in [-0.2, 0) is 17.6 Å². The third kappa shape index (κ3) is 3.01. The van der Waals surface area contributed by atoms with Gasteiger partial charge >= 0.3 is 0 Å². The number of benzene rings is 1. The second-order valence-electron chi connectivity index (χ2n) is 4.58. The number of rotatable bonds is 5. The minimum absolute atomic E-state index is 0.0253. The van der Waals surface area contributed by atoms with E-state index in [4.69, 9.17) is 4.74 Å². The third-order valence-corrected chi connectivity index (χ3v) is 3.26. The molecule has 98 valence electrons. The molecular weight excluding hydrogens is 228 g/mol. The zero-order chi connectivity index (χ0) is 13.0. The van der Waals surface area contributed by atoms with E-state index in [-0.39, 0.29) is 11.9 Å². The highest BCUT2D eigenvalue weighted by Gasteiger charge is 2.12. The number of amides is 1. The molecule has 0 aromatic heterocycles. The number of carbonyl (C=O) groups excluding carboxylic acids is 1. The molecule has 4 heteroatoms. The molecule has 4 nitrogen and oxygen atoms in total. The van der Waals surface area contributed by atoms with Gasteiger partial charge < -0.3 is 15.4 Å². The highest BCUT2D eigenvalue weighted by Crippen LogP contribution is 2.25. The van der Waals surface area contributed by atoms with Gasteiger partial charge in [0.2, 0.25) is 5.91 Å². The lowest BCUT2D eigenvalue weighted by Crippen LogP contribution is -2.41. The van der Waals surface area contributed by atoms with Crippen LogP contribution in [0.2, 0.25) is 0 Å². The maximum Gasteiger partial charge on any atom is 0.236 e. The van der Waals surface area contributed by atoms with Crippen LogP contribution in [0, 0.1) is 0 Å². The van der Waals surface area contributed by atoms with E-state index >= 15 is 0 Å². The molecule has 1 atom stereocenters. The minimum Gasteiger partial charge on any atom is -0.493 e. The molecule has 1 aliphatic heterocycles. The number of fused-ring (bicyclic) bond motifs is 1. The summed E-state index contributed by atoms with van der Waals surface area (Å²) < 4.78 is 5.47. The standard InChI is InChI=1S/C14H20N2O2/c1-10(14(17)15-2)16-7-5-11-3-4-13-12(9-11)6-8-18-13/h3-4,9-10,16H,5-8H2,1-2H3,(H,15,17). The molecule has 2 N–H and O–H groups in total. The van der Waals surface area contributed by atoms with Gasteiger partial charge in [0.05, 0.1) is 12.6 Å². The SMILES string of the molecule is CNC(=O)C(C)NCCc1ccc2c(c1)CCO2. The molecule has 1 heterocycles. The fraction of sp³-hybridized carbons (Fsp3) is 0.500. The van der Waals surface area contributed by atoms with Crippen molar-refractivity contribution in [3.8, 4) is 5.75 Å². The van der Waals surface area contributed by atoms with Crippen LogP contribution in [0.1, 0.15) is 18.1 Å². The molecule has 0 saturated carbocycles. The molecule has 1 aromatic carbocycles. The van der Waals surface area contributed by atoms with Gasteiger partial charge in [0.25, 0.3) is 0 Å². The van der Waals surface area contributed by atoms with E-state index in [2.05, 4.69) is 22.8 Å². The number of likely N-dealkylation sites (N-methyl/N-ethyl adjacent to an activating group) is 1. The van der Waals surface area contributed by atoms with Crippen molar-refractivity contribution in [2.24, 2.45) is 0 Å². The Kier molecular flexibility index (Phi) is 4.20. The largest absolute Gasteiger partial charge is 0.493 e. The summed E-state index contributed by atoms with van der Waals surface area (Å²) >= 11 is 0. The first-order valence-electron chi connectivity index (χ1n) is 6.40. The summed E-state index contributed by atoms with van der Waals surface area (Å²) in [5.74, 6) is 1.04. The molecule has 0 bridgehead atoms. The van der Waals surface area contributed by atoms with E-state index < -0.39 is 0 Å². The average molecular weight is 248 g/mol. The number of hydrogen-bond donors (Lipinski definition) is 2. The van der Waals surface area contributed by atoms with Crippen molar-refractivity contribution < 1.29 is 9.53 Å². The molecule has 0 radical (unpaired) electrons. The molecule has 0 fully saturated rings. The molecule has 1 unspecified atom stereocenters. The van der Waals surface area contributed by atoms with E-state index in [1.165, 1.54) is 11.1 Å². The van der Waals surface area contributed by atoms with Gasteiger partial charge in [-0.05, 0) is 37.1 Å². The maximum absolute atomic E-state index is 11.3. The molecule has 1 amide bonds. The number of nitrogens with one attached hydrogen (secondary N) is 2. The first-order chi connectivity index (χ1) is 8.70. The lowest BCUT2D eigenvalue weighted by molar-refractivity contribution is -0.122. The summed E-state index contributed by atoms with van der Waals surface area (Å²) in [5, 5.41) is 5.84. The Morgan fingerprint density at radius 2 is 2.33 bits per heavy atom. The molecule has 2 rings (SSSR count). The van der Waals surface area contributed by atoms with Crippen LogP contribution in [0.5, 0.6) is 5.75 Å². The van der Waals surface area contributed by atoms with Crippen LogP contribution in [0.15, 0.2) is 18.2 Å². The van der Waals surface area contributed by atoms with Gasteiger partial charge in [-0.2, -0.15) is 0 Å². The maximum atomic E-state index is 11.3. The predicted molar refractivity (Wildman–Crippen MR) is 70.9 cm³/mol. The predicted octanol–water partition coefficient (Wildman–Crippen LogP) is 0.888. The Labute approximate surface area is 108 Å². The molecule has 0 aliphatic carbocycles. The first kappa shape index (κ1) is 12.9. The topological polar surface area (TPSA) is 50.4 Å². The van der Waals surface area contributed by atoms with Gasteiger partial charge in [-0.3, -0.25) is 4.79 Å².